The van der Waals surface area contributed by atoms with Crippen molar-refractivity contribution in [1.29, 1.82) is 0 Å². The van der Waals surface area contributed by atoms with Gasteiger partial charge in [0.25, 0.3) is 0 Å². The number of aliphatic hydroxyl groups is 1. The van der Waals surface area contributed by atoms with Crippen LogP contribution in [-0.4, -0.2) is 35.8 Å². The van der Waals surface area contributed by atoms with Crippen LogP contribution in [-0.2, 0) is 6.42 Å². The van der Waals surface area contributed by atoms with Gasteiger partial charge in [-0.05, 0) is 24.0 Å². The van der Waals surface area contributed by atoms with E-state index in [2.05, 4.69) is 15.6 Å². The zero-order valence-corrected chi connectivity index (χ0v) is 11.6. The number of nitrogens with zero attached hydrogens (tertiary/aromatic N) is 1. The first-order valence-corrected chi connectivity index (χ1v) is 6.56. The van der Waals surface area contributed by atoms with Crippen molar-refractivity contribution < 1.29 is 9.90 Å². The van der Waals surface area contributed by atoms with Crippen LogP contribution in [0.4, 0.5) is 4.79 Å². The average molecular weight is 265 g/mol. The summed E-state index contributed by atoms with van der Waals surface area (Å²) < 4.78 is 0. The molecule has 1 aromatic rings. The zero-order chi connectivity index (χ0) is 14.1. The molecule has 0 unspecified atom stereocenters. The van der Waals surface area contributed by atoms with Crippen LogP contribution in [0.25, 0.3) is 0 Å². The predicted molar refractivity (Wildman–Crippen MR) is 74.8 cm³/mol. The minimum Gasteiger partial charge on any atom is -0.396 e. The molecule has 1 aromatic heterocycles. The number of carbonyl (C=O) groups excluding carboxylic acids is 1. The van der Waals surface area contributed by atoms with E-state index in [-0.39, 0.29) is 18.1 Å². The third-order valence-electron chi connectivity index (χ3n) is 2.91. The predicted octanol–water partition coefficient (Wildman–Crippen LogP) is 1.33. The van der Waals surface area contributed by atoms with E-state index in [1.54, 1.807) is 6.20 Å². The second-order valence-corrected chi connectivity index (χ2v) is 5.32. The summed E-state index contributed by atoms with van der Waals surface area (Å²) in [6, 6.07) is 5.55. The molecule has 0 atom stereocenters. The van der Waals surface area contributed by atoms with Crippen LogP contribution >= 0.6 is 0 Å². The minimum absolute atomic E-state index is 0.0902. The Hall–Kier alpha value is -1.62. The molecule has 1 rings (SSSR count). The molecule has 0 aliphatic rings. The molecule has 0 aliphatic carbocycles. The molecule has 2 amide bonds. The standard InChI is InChI=1S/C14H23N3O2/c1-14(2,7-10-18)11-17-13(19)16-9-6-12-5-3-4-8-15-12/h3-5,8,18H,6-7,9-11H2,1-2H3,(H2,16,17,19). The summed E-state index contributed by atoms with van der Waals surface area (Å²) in [7, 11) is 0. The van der Waals surface area contributed by atoms with Gasteiger partial charge < -0.3 is 15.7 Å². The van der Waals surface area contributed by atoms with E-state index in [1.165, 1.54) is 0 Å². The number of hydrogen-bond donors (Lipinski definition) is 3. The summed E-state index contributed by atoms with van der Waals surface area (Å²) in [5, 5.41) is 14.5. The first kappa shape index (κ1) is 15.4. The van der Waals surface area contributed by atoms with Gasteiger partial charge in [-0.1, -0.05) is 19.9 Å². The summed E-state index contributed by atoms with van der Waals surface area (Å²) in [6.45, 7) is 5.26. The van der Waals surface area contributed by atoms with Gasteiger partial charge in [-0.25, -0.2) is 4.79 Å². The van der Waals surface area contributed by atoms with Crippen molar-refractivity contribution in [2.24, 2.45) is 5.41 Å². The van der Waals surface area contributed by atoms with Crippen molar-refractivity contribution in [2.75, 3.05) is 19.7 Å². The van der Waals surface area contributed by atoms with Gasteiger partial charge in [0.05, 0.1) is 0 Å². The van der Waals surface area contributed by atoms with Crippen molar-refractivity contribution in [1.82, 2.24) is 15.6 Å². The molecule has 5 nitrogen and oxygen atoms in total. The second-order valence-electron chi connectivity index (χ2n) is 5.32. The fourth-order valence-corrected chi connectivity index (χ4v) is 1.62. The Bertz CT molecular complexity index is 380. The van der Waals surface area contributed by atoms with Crippen LogP contribution in [0.2, 0.25) is 0 Å². The highest BCUT2D eigenvalue weighted by atomic mass is 16.3. The number of hydrogen-bond acceptors (Lipinski definition) is 3. The van der Waals surface area contributed by atoms with Crippen molar-refractivity contribution in [3.05, 3.63) is 30.1 Å². The number of rotatable bonds is 7. The highest BCUT2D eigenvalue weighted by molar-refractivity contribution is 5.73. The molecule has 0 spiro atoms. The number of nitrogens with one attached hydrogen (secondary N) is 2. The highest BCUT2D eigenvalue weighted by Crippen LogP contribution is 2.17. The Morgan fingerprint density at radius 2 is 2.16 bits per heavy atom. The van der Waals surface area contributed by atoms with Crippen molar-refractivity contribution in [3.63, 3.8) is 0 Å². The van der Waals surface area contributed by atoms with E-state index in [4.69, 9.17) is 5.11 Å². The summed E-state index contributed by atoms with van der Waals surface area (Å²) in [4.78, 5) is 15.8. The lowest BCUT2D eigenvalue weighted by Crippen LogP contribution is -2.41. The van der Waals surface area contributed by atoms with E-state index >= 15 is 0 Å². The lowest BCUT2D eigenvalue weighted by atomic mass is 9.90. The van der Waals surface area contributed by atoms with Crippen molar-refractivity contribution in [3.8, 4) is 0 Å². The monoisotopic (exact) mass is 265 g/mol. The first-order chi connectivity index (χ1) is 9.03. The third kappa shape index (κ3) is 6.76. The van der Waals surface area contributed by atoms with E-state index in [0.717, 1.165) is 5.69 Å². The molecule has 0 saturated carbocycles. The number of aromatic nitrogens is 1. The molecule has 19 heavy (non-hydrogen) atoms. The molecule has 1 heterocycles. The van der Waals surface area contributed by atoms with Gasteiger partial charge in [0.15, 0.2) is 0 Å². The van der Waals surface area contributed by atoms with Gasteiger partial charge in [0.1, 0.15) is 0 Å². The molecule has 5 heteroatoms. The van der Waals surface area contributed by atoms with Crippen LogP contribution in [0.5, 0.6) is 0 Å². The minimum atomic E-state index is -0.179. The van der Waals surface area contributed by atoms with Crippen LogP contribution in [0, 0.1) is 5.41 Å². The SMILES string of the molecule is CC(C)(CCO)CNC(=O)NCCc1ccccn1. The molecule has 0 aliphatic heterocycles. The molecule has 0 radical (unpaired) electrons. The maximum absolute atomic E-state index is 11.6. The zero-order valence-electron chi connectivity index (χ0n) is 11.6. The van der Waals surface area contributed by atoms with Gasteiger partial charge in [-0.2, -0.15) is 0 Å². The summed E-state index contributed by atoms with van der Waals surface area (Å²) in [5.41, 5.74) is 0.871. The summed E-state index contributed by atoms with van der Waals surface area (Å²) >= 11 is 0. The Morgan fingerprint density at radius 1 is 1.37 bits per heavy atom. The van der Waals surface area contributed by atoms with Crippen molar-refractivity contribution in [2.45, 2.75) is 26.7 Å². The average Bonchev–Trinajstić information content (AvgIpc) is 2.38. The Morgan fingerprint density at radius 3 is 2.79 bits per heavy atom. The highest BCUT2D eigenvalue weighted by Gasteiger charge is 2.17. The van der Waals surface area contributed by atoms with E-state index in [1.807, 2.05) is 32.0 Å². The van der Waals surface area contributed by atoms with E-state index in [0.29, 0.717) is 25.9 Å². The van der Waals surface area contributed by atoms with Gasteiger partial charge >= 0.3 is 6.03 Å². The first-order valence-electron chi connectivity index (χ1n) is 6.56. The summed E-state index contributed by atoms with van der Waals surface area (Å²) in [6.07, 6.45) is 3.13. The Kier molecular flexibility index (Phi) is 6.29. The fraction of sp³-hybridized carbons (Fsp3) is 0.571. The molecular weight excluding hydrogens is 242 g/mol. The van der Waals surface area contributed by atoms with Gasteiger partial charge in [-0.3, -0.25) is 4.98 Å². The van der Waals surface area contributed by atoms with Gasteiger partial charge in [-0.15, -0.1) is 0 Å². The normalized spacial score (nSPS) is 11.1. The summed E-state index contributed by atoms with van der Waals surface area (Å²) in [5.74, 6) is 0. The van der Waals surface area contributed by atoms with Crippen LogP contribution in [0.1, 0.15) is 26.0 Å². The number of aliphatic hydroxyl groups excluding tert-OH is 1. The van der Waals surface area contributed by atoms with Gasteiger partial charge in [0, 0.05) is 38.0 Å². The number of urea groups is 1. The van der Waals surface area contributed by atoms with Gasteiger partial charge in [0.2, 0.25) is 0 Å². The fourth-order valence-electron chi connectivity index (χ4n) is 1.62. The number of carbonyl (C=O) groups is 1. The third-order valence-corrected chi connectivity index (χ3v) is 2.91. The lowest BCUT2D eigenvalue weighted by Gasteiger charge is -2.23. The number of amides is 2. The van der Waals surface area contributed by atoms with Crippen LogP contribution in [0.15, 0.2) is 24.4 Å². The molecular formula is C14H23N3O2. The van der Waals surface area contributed by atoms with Crippen LogP contribution in [0.3, 0.4) is 0 Å². The second kappa shape index (κ2) is 7.74. The topological polar surface area (TPSA) is 74.2 Å². The molecule has 0 saturated heterocycles. The molecule has 0 bridgehead atoms. The quantitative estimate of drug-likeness (QED) is 0.696. The maximum atomic E-state index is 11.6. The molecule has 106 valence electrons. The number of pyridine rings is 1. The van der Waals surface area contributed by atoms with E-state index < -0.39 is 0 Å². The van der Waals surface area contributed by atoms with Crippen molar-refractivity contribution >= 4 is 6.03 Å². The van der Waals surface area contributed by atoms with Crippen LogP contribution < -0.4 is 10.6 Å². The Balaban J connectivity index is 2.18. The molecule has 0 fully saturated rings. The maximum Gasteiger partial charge on any atom is 0.314 e. The van der Waals surface area contributed by atoms with E-state index in [9.17, 15) is 4.79 Å². The smallest absolute Gasteiger partial charge is 0.314 e. The molecule has 3 N–H and O–H groups in total. The lowest BCUT2D eigenvalue weighted by molar-refractivity contribution is 0.201. The molecule has 0 aromatic carbocycles. The largest absolute Gasteiger partial charge is 0.396 e. The Labute approximate surface area is 114 Å².